The van der Waals surface area contributed by atoms with Gasteiger partial charge < -0.3 is 14.0 Å². The van der Waals surface area contributed by atoms with Gasteiger partial charge >= 0.3 is 5.97 Å². The molecule has 6 nitrogen and oxygen atoms in total. The number of para-hydroxylation sites is 1. The van der Waals surface area contributed by atoms with Crippen LogP contribution in [0.1, 0.15) is 11.1 Å². The number of hydrogen-bond acceptors (Lipinski definition) is 5. The van der Waals surface area contributed by atoms with Gasteiger partial charge in [-0.25, -0.2) is 4.79 Å². The summed E-state index contributed by atoms with van der Waals surface area (Å²) in [6.07, 6.45) is 1.87. The van der Waals surface area contributed by atoms with Gasteiger partial charge in [0.2, 0.25) is 0 Å². The lowest BCUT2D eigenvalue weighted by atomic mass is 10.1. The van der Waals surface area contributed by atoms with Gasteiger partial charge in [-0.1, -0.05) is 48.0 Å². The molecule has 0 aliphatic carbocycles. The van der Waals surface area contributed by atoms with Crippen molar-refractivity contribution >= 4 is 23.2 Å². The van der Waals surface area contributed by atoms with Crippen LogP contribution < -0.4 is 9.54 Å². The fraction of sp³-hybridized carbons (Fsp3) is 0.190. The fourth-order valence-electron chi connectivity index (χ4n) is 2.38. The van der Waals surface area contributed by atoms with Gasteiger partial charge in [0.15, 0.2) is 18.0 Å². The standard InChI is InChI=1S/C21H20N2O4S/c1-16-7-9-17(10-8-16)13-23-11-12-28-21(23)22-19(24)14-27-20(25)15-26-18-5-3-2-4-6-18/h2-12H,13-15H2,1H3. The van der Waals surface area contributed by atoms with Crippen molar-refractivity contribution in [2.45, 2.75) is 13.5 Å². The van der Waals surface area contributed by atoms with E-state index in [0.717, 1.165) is 5.56 Å². The van der Waals surface area contributed by atoms with Crippen LogP contribution in [0.3, 0.4) is 0 Å². The van der Waals surface area contributed by atoms with Crippen LogP contribution in [0.5, 0.6) is 5.75 Å². The minimum absolute atomic E-state index is 0.260. The molecular weight excluding hydrogens is 376 g/mol. The predicted molar refractivity (Wildman–Crippen MR) is 106 cm³/mol. The third-order valence-corrected chi connectivity index (χ3v) is 4.60. The lowest BCUT2D eigenvalue weighted by Gasteiger charge is -2.05. The third-order valence-electron chi connectivity index (χ3n) is 3.81. The summed E-state index contributed by atoms with van der Waals surface area (Å²) < 4.78 is 12.1. The number of benzene rings is 2. The van der Waals surface area contributed by atoms with Gasteiger partial charge in [0.05, 0.1) is 0 Å². The Morgan fingerprint density at radius 1 is 1.04 bits per heavy atom. The van der Waals surface area contributed by atoms with Gasteiger partial charge in [-0.3, -0.25) is 4.79 Å². The molecule has 0 fully saturated rings. The highest BCUT2D eigenvalue weighted by atomic mass is 32.1. The average Bonchev–Trinajstić information content (AvgIpc) is 3.14. The summed E-state index contributed by atoms with van der Waals surface area (Å²) in [5, 5.41) is 1.86. The number of carbonyl (C=O) groups is 2. The molecule has 3 rings (SSSR count). The van der Waals surface area contributed by atoms with Crippen LogP contribution in [0.4, 0.5) is 0 Å². The van der Waals surface area contributed by atoms with E-state index in [4.69, 9.17) is 9.47 Å². The Bertz CT molecular complexity index is 991. The zero-order chi connectivity index (χ0) is 19.8. The molecule has 0 atom stereocenters. The molecule has 1 aromatic heterocycles. The molecule has 2 aromatic carbocycles. The number of hydrogen-bond donors (Lipinski definition) is 0. The second-order valence-electron chi connectivity index (χ2n) is 6.07. The largest absolute Gasteiger partial charge is 0.482 e. The highest BCUT2D eigenvalue weighted by molar-refractivity contribution is 7.07. The molecule has 0 bridgehead atoms. The number of ether oxygens (including phenoxy) is 2. The van der Waals surface area contributed by atoms with Gasteiger partial charge in [0.1, 0.15) is 5.75 Å². The van der Waals surface area contributed by atoms with E-state index in [-0.39, 0.29) is 6.61 Å². The minimum atomic E-state index is -0.619. The molecule has 1 heterocycles. The molecule has 0 aliphatic heterocycles. The van der Waals surface area contributed by atoms with Crippen LogP contribution in [0.25, 0.3) is 0 Å². The van der Waals surface area contributed by atoms with E-state index in [1.165, 1.54) is 16.9 Å². The molecule has 0 saturated heterocycles. The predicted octanol–water partition coefficient (Wildman–Crippen LogP) is 2.96. The van der Waals surface area contributed by atoms with E-state index in [1.807, 2.05) is 53.4 Å². The maximum absolute atomic E-state index is 12.0. The number of amides is 1. The number of esters is 1. The fourth-order valence-corrected chi connectivity index (χ4v) is 3.12. The molecule has 0 unspecified atom stereocenters. The molecule has 28 heavy (non-hydrogen) atoms. The maximum Gasteiger partial charge on any atom is 0.344 e. The zero-order valence-corrected chi connectivity index (χ0v) is 16.2. The highest BCUT2D eigenvalue weighted by Gasteiger charge is 2.08. The van der Waals surface area contributed by atoms with Crippen molar-refractivity contribution in [3.63, 3.8) is 0 Å². The van der Waals surface area contributed by atoms with Crippen LogP contribution in [0.15, 0.2) is 71.2 Å². The number of thiazole rings is 1. The number of rotatable bonds is 7. The molecule has 0 aliphatic rings. The van der Waals surface area contributed by atoms with Crippen molar-refractivity contribution in [2.75, 3.05) is 13.2 Å². The van der Waals surface area contributed by atoms with Crippen molar-refractivity contribution in [1.29, 1.82) is 0 Å². The van der Waals surface area contributed by atoms with Crippen molar-refractivity contribution in [3.8, 4) is 5.75 Å². The number of carbonyl (C=O) groups excluding carboxylic acids is 2. The molecule has 0 spiro atoms. The van der Waals surface area contributed by atoms with Gasteiger partial charge in [-0.2, -0.15) is 4.99 Å². The first-order valence-corrected chi connectivity index (χ1v) is 9.58. The topological polar surface area (TPSA) is 69.9 Å². The Labute approximate surface area is 166 Å². The first kappa shape index (κ1) is 19.6. The highest BCUT2D eigenvalue weighted by Crippen LogP contribution is 2.08. The third kappa shape index (κ3) is 5.92. The van der Waals surface area contributed by atoms with Crippen LogP contribution in [0.2, 0.25) is 0 Å². The molecule has 0 N–H and O–H groups in total. The Morgan fingerprint density at radius 2 is 1.79 bits per heavy atom. The lowest BCUT2D eigenvalue weighted by molar-refractivity contribution is -0.149. The smallest absolute Gasteiger partial charge is 0.344 e. The normalized spacial score (nSPS) is 11.2. The van der Waals surface area contributed by atoms with Crippen molar-refractivity contribution in [1.82, 2.24) is 4.57 Å². The van der Waals surface area contributed by atoms with E-state index in [2.05, 4.69) is 4.99 Å². The summed E-state index contributed by atoms with van der Waals surface area (Å²) in [5.41, 5.74) is 2.31. The Balaban J connectivity index is 1.52. The van der Waals surface area contributed by atoms with E-state index < -0.39 is 18.5 Å². The average molecular weight is 396 g/mol. The molecule has 1 amide bonds. The van der Waals surface area contributed by atoms with Crippen LogP contribution in [-0.2, 0) is 20.9 Å². The Kier molecular flexibility index (Phi) is 6.75. The first-order valence-electron chi connectivity index (χ1n) is 8.70. The Morgan fingerprint density at radius 3 is 2.54 bits per heavy atom. The molecular formula is C21H20N2O4S. The van der Waals surface area contributed by atoms with Gasteiger partial charge in [-0.05, 0) is 24.6 Å². The maximum atomic E-state index is 12.0. The lowest BCUT2D eigenvalue weighted by Crippen LogP contribution is -2.21. The monoisotopic (exact) mass is 396 g/mol. The molecule has 144 valence electrons. The minimum Gasteiger partial charge on any atom is -0.482 e. The summed E-state index contributed by atoms with van der Waals surface area (Å²) in [6.45, 7) is 1.97. The van der Waals surface area contributed by atoms with Crippen molar-refractivity contribution < 1.29 is 19.1 Å². The van der Waals surface area contributed by atoms with E-state index in [0.29, 0.717) is 17.1 Å². The van der Waals surface area contributed by atoms with Crippen molar-refractivity contribution in [2.24, 2.45) is 4.99 Å². The molecule has 3 aromatic rings. The van der Waals surface area contributed by atoms with Crippen LogP contribution >= 0.6 is 11.3 Å². The SMILES string of the molecule is Cc1ccc(Cn2ccsc2=NC(=O)COC(=O)COc2ccccc2)cc1. The van der Waals surface area contributed by atoms with Gasteiger partial charge in [0, 0.05) is 18.1 Å². The molecule has 0 radical (unpaired) electrons. The quantitative estimate of drug-likeness (QED) is 0.576. The summed E-state index contributed by atoms with van der Waals surface area (Å²) in [4.78, 5) is 28.4. The van der Waals surface area contributed by atoms with Gasteiger partial charge in [0.25, 0.3) is 5.91 Å². The summed E-state index contributed by atoms with van der Waals surface area (Å²) in [7, 11) is 0. The second kappa shape index (κ2) is 9.66. The van der Waals surface area contributed by atoms with Gasteiger partial charge in [-0.15, -0.1) is 11.3 Å². The number of aromatic nitrogens is 1. The summed E-state index contributed by atoms with van der Waals surface area (Å²) in [6, 6.07) is 17.1. The molecule has 0 saturated carbocycles. The van der Waals surface area contributed by atoms with E-state index >= 15 is 0 Å². The number of nitrogens with zero attached hydrogens (tertiary/aromatic N) is 2. The van der Waals surface area contributed by atoms with E-state index in [1.54, 1.807) is 24.3 Å². The van der Waals surface area contributed by atoms with Crippen LogP contribution in [-0.4, -0.2) is 29.7 Å². The Hall–Kier alpha value is -3.19. The van der Waals surface area contributed by atoms with Crippen LogP contribution in [0, 0.1) is 6.92 Å². The molecule has 7 heteroatoms. The summed E-state index contributed by atoms with van der Waals surface area (Å²) >= 11 is 1.35. The second-order valence-corrected chi connectivity index (χ2v) is 6.94. The summed E-state index contributed by atoms with van der Waals surface area (Å²) in [5.74, 6) is -0.578. The number of aryl methyl sites for hydroxylation is 1. The zero-order valence-electron chi connectivity index (χ0n) is 15.4. The first-order chi connectivity index (χ1) is 13.6. The van der Waals surface area contributed by atoms with Crippen molar-refractivity contribution in [3.05, 3.63) is 82.1 Å². The van der Waals surface area contributed by atoms with E-state index in [9.17, 15) is 9.59 Å².